The van der Waals surface area contributed by atoms with Gasteiger partial charge in [-0.25, -0.2) is 0 Å². The first-order valence-corrected chi connectivity index (χ1v) is 36.7. The molecule has 0 rings (SSSR count). The summed E-state index contributed by atoms with van der Waals surface area (Å²) in [5, 5.41) is 11.8. The third-order valence-electron chi connectivity index (χ3n) is 17.1. The van der Waals surface area contributed by atoms with Crippen LogP contribution in [0.5, 0.6) is 0 Å². The summed E-state index contributed by atoms with van der Waals surface area (Å²) in [7, 11) is 5.95. The number of rotatable bonds is 70. The molecule has 0 aromatic carbocycles. The first-order valence-electron chi connectivity index (χ1n) is 36.7. The topological polar surface area (TPSA) is 111 Å². The van der Waals surface area contributed by atoms with E-state index < -0.39 is 24.3 Å². The predicted octanol–water partition coefficient (Wildman–Crippen LogP) is 21.3. The second-order valence-corrected chi connectivity index (χ2v) is 26.6. The van der Waals surface area contributed by atoms with Gasteiger partial charge in [0.25, 0.3) is 0 Å². The van der Waals surface area contributed by atoms with Crippen LogP contribution in [0, 0.1) is 0 Å². The van der Waals surface area contributed by atoms with Gasteiger partial charge in [0.05, 0.1) is 40.3 Å². The van der Waals surface area contributed by atoms with Crippen molar-refractivity contribution in [3.63, 3.8) is 0 Å². The van der Waals surface area contributed by atoms with Gasteiger partial charge in [-0.05, 0) is 12.8 Å². The third-order valence-corrected chi connectivity index (χ3v) is 17.1. The van der Waals surface area contributed by atoms with Crippen LogP contribution in [0.3, 0.4) is 0 Å². The number of unbranched alkanes of at least 4 members (excludes halogenated alkanes) is 55. The zero-order valence-corrected chi connectivity index (χ0v) is 55.9. The Hall–Kier alpha value is -1.71. The van der Waals surface area contributed by atoms with Gasteiger partial charge in [0.15, 0.2) is 12.4 Å². The van der Waals surface area contributed by atoms with Gasteiger partial charge in [0.2, 0.25) is 0 Å². The number of carbonyl (C=O) groups is 3. The minimum Gasteiger partial charge on any atom is -0.545 e. The lowest BCUT2D eigenvalue weighted by atomic mass is 10.0. The van der Waals surface area contributed by atoms with E-state index in [1.165, 1.54) is 327 Å². The molecule has 2 atom stereocenters. The van der Waals surface area contributed by atoms with Crippen molar-refractivity contribution in [2.75, 3.05) is 47.5 Å². The van der Waals surface area contributed by atoms with Crippen molar-refractivity contribution in [1.29, 1.82) is 0 Å². The van der Waals surface area contributed by atoms with Crippen molar-refractivity contribution in [3.05, 3.63) is 0 Å². The highest BCUT2D eigenvalue weighted by Gasteiger charge is 2.22. The minimum absolute atomic E-state index is 0.154. The Morgan fingerprint density at radius 2 is 0.549 bits per heavy atom. The van der Waals surface area contributed by atoms with Gasteiger partial charge in [-0.3, -0.25) is 9.59 Å². The molecule has 2 unspecified atom stereocenters. The molecule has 0 bridgehead atoms. The molecule has 0 aliphatic rings. The van der Waals surface area contributed by atoms with Crippen molar-refractivity contribution in [2.45, 2.75) is 405 Å². The molecular formula is C73H143NO8. The lowest BCUT2D eigenvalue weighted by molar-refractivity contribution is -0.870. The van der Waals surface area contributed by atoms with E-state index in [9.17, 15) is 19.5 Å². The molecular weight excluding hydrogens is 1020 g/mol. The largest absolute Gasteiger partial charge is 0.545 e. The van der Waals surface area contributed by atoms with Crippen LogP contribution in [0.4, 0.5) is 0 Å². The maximum absolute atomic E-state index is 12.9. The normalized spacial score (nSPS) is 12.5. The Bertz CT molecular complexity index is 1300. The Morgan fingerprint density at radius 3 is 0.780 bits per heavy atom. The van der Waals surface area contributed by atoms with Crippen LogP contribution < -0.4 is 5.11 Å². The van der Waals surface area contributed by atoms with Crippen LogP contribution in [-0.2, 0) is 33.3 Å². The van der Waals surface area contributed by atoms with E-state index in [1.807, 2.05) is 21.1 Å². The molecule has 0 amide bonds. The first-order chi connectivity index (χ1) is 40.1. The molecule has 9 nitrogen and oxygen atoms in total. The summed E-state index contributed by atoms with van der Waals surface area (Å²) in [5.41, 5.74) is 0. The standard InChI is InChI=1S/C73H143NO8/c1-6-8-10-12-14-16-18-20-22-24-26-28-30-32-34-36-38-40-42-44-46-48-50-52-54-56-58-60-62-64-71(76)82-69(68-81-73(72(77)78)79-66-65-74(3,4)5)67-80-70(75)63-61-59-57-55-53-51-49-47-45-43-41-39-37-35-33-31-29-27-25-23-21-19-17-15-13-11-9-7-2/h69,73H,6-68H2,1-5H3. The molecule has 0 fully saturated rings. The zero-order valence-electron chi connectivity index (χ0n) is 55.9. The molecule has 488 valence electrons. The van der Waals surface area contributed by atoms with E-state index in [0.29, 0.717) is 17.4 Å². The Kier molecular flexibility index (Phi) is 63.9. The quantitative estimate of drug-likeness (QED) is 0.0256. The number of carboxylic acid groups (broad SMARTS) is 1. The molecule has 0 radical (unpaired) electrons. The van der Waals surface area contributed by atoms with Gasteiger partial charge in [-0.1, -0.05) is 367 Å². The highest BCUT2D eigenvalue weighted by molar-refractivity contribution is 5.70. The number of hydrogen-bond donors (Lipinski definition) is 0. The fourth-order valence-corrected chi connectivity index (χ4v) is 11.5. The Morgan fingerprint density at radius 1 is 0.317 bits per heavy atom. The van der Waals surface area contributed by atoms with Gasteiger partial charge in [0, 0.05) is 12.8 Å². The van der Waals surface area contributed by atoms with Crippen LogP contribution in [0.2, 0.25) is 0 Å². The number of quaternary nitrogens is 1. The summed E-state index contributed by atoms with van der Waals surface area (Å²) in [6, 6.07) is 0. The number of esters is 2. The summed E-state index contributed by atoms with van der Waals surface area (Å²) >= 11 is 0. The number of hydrogen-bond acceptors (Lipinski definition) is 8. The van der Waals surface area contributed by atoms with Crippen molar-refractivity contribution in [3.8, 4) is 0 Å². The lowest BCUT2D eigenvalue weighted by Gasteiger charge is -2.26. The van der Waals surface area contributed by atoms with E-state index in [4.69, 9.17) is 18.9 Å². The molecule has 9 heteroatoms. The average Bonchev–Trinajstić information content (AvgIpc) is 3.47. The average molecular weight is 1160 g/mol. The Balaban J connectivity index is 4.01. The fourth-order valence-electron chi connectivity index (χ4n) is 11.5. The second-order valence-electron chi connectivity index (χ2n) is 26.6. The van der Waals surface area contributed by atoms with Crippen LogP contribution >= 0.6 is 0 Å². The molecule has 0 aliphatic heterocycles. The van der Waals surface area contributed by atoms with Gasteiger partial charge in [-0.15, -0.1) is 0 Å². The molecule has 0 saturated carbocycles. The summed E-state index contributed by atoms with van der Waals surface area (Å²) in [5.74, 6) is -2.24. The van der Waals surface area contributed by atoms with E-state index in [1.54, 1.807) is 0 Å². The van der Waals surface area contributed by atoms with E-state index in [2.05, 4.69) is 13.8 Å². The molecule has 0 saturated heterocycles. The Labute approximate surface area is 511 Å². The summed E-state index contributed by atoms with van der Waals surface area (Å²) in [6.07, 6.45) is 74.9. The number of carboxylic acids is 1. The summed E-state index contributed by atoms with van der Waals surface area (Å²) < 4.78 is 22.9. The van der Waals surface area contributed by atoms with Crippen molar-refractivity contribution >= 4 is 17.9 Å². The smallest absolute Gasteiger partial charge is 0.306 e. The van der Waals surface area contributed by atoms with E-state index in [0.717, 1.165) is 38.5 Å². The maximum atomic E-state index is 12.9. The number of likely N-dealkylation sites (N-methyl/N-ethyl adjacent to an activating group) is 1. The summed E-state index contributed by atoms with van der Waals surface area (Å²) in [4.78, 5) is 37.5. The number of carbonyl (C=O) groups excluding carboxylic acids is 3. The number of nitrogens with zero attached hydrogens (tertiary/aromatic N) is 1. The molecule has 0 N–H and O–H groups in total. The van der Waals surface area contributed by atoms with Crippen molar-refractivity contribution in [1.82, 2.24) is 0 Å². The fraction of sp³-hybridized carbons (Fsp3) is 0.959. The lowest BCUT2D eigenvalue weighted by Crippen LogP contribution is -2.44. The molecule has 0 aromatic rings. The first kappa shape index (κ1) is 80.3. The summed E-state index contributed by atoms with van der Waals surface area (Å²) in [6.45, 7) is 4.85. The molecule has 82 heavy (non-hydrogen) atoms. The maximum Gasteiger partial charge on any atom is 0.306 e. The van der Waals surface area contributed by atoms with Gasteiger partial charge < -0.3 is 33.3 Å². The van der Waals surface area contributed by atoms with Crippen LogP contribution in [-0.4, -0.2) is 82.3 Å². The van der Waals surface area contributed by atoms with Crippen LogP contribution in [0.1, 0.15) is 393 Å². The van der Waals surface area contributed by atoms with Gasteiger partial charge >= 0.3 is 11.9 Å². The van der Waals surface area contributed by atoms with Crippen LogP contribution in [0.15, 0.2) is 0 Å². The highest BCUT2D eigenvalue weighted by Crippen LogP contribution is 2.20. The van der Waals surface area contributed by atoms with E-state index >= 15 is 0 Å². The van der Waals surface area contributed by atoms with Crippen LogP contribution in [0.25, 0.3) is 0 Å². The molecule has 0 aliphatic carbocycles. The molecule has 0 aromatic heterocycles. The molecule has 0 spiro atoms. The second kappa shape index (κ2) is 65.3. The highest BCUT2D eigenvalue weighted by atomic mass is 16.7. The van der Waals surface area contributed by atoms with Gasteiger partial charge in [0.1, 0.15) is 13.2 Å². The SMILES string of the molecule is CCCCCCCCCCCCCCCCCCCCCCCCCCCCCCCC(=O)OC(COC(=O)CCCCCCCCCCCCCCCCCCCCCCCCCCCCCC)COC(OCC[N+](C)(C)C)C(=O)[O-]. The van der Waals surface area contributed by atoms with Gasteiger partial charge in [-0.2, -0.15) is 0 Å². The zero-order chi connectivity index (χ0) is 59.8. The van der Waals surface area contributed by atoms with Crippen molar-refractivity contribution < 1.29 is 42.9 Å². The van der Waals surface area contributed by atoms with E-state index in [-0.39, 0.29) is 32.2 Å². The third kappa shape index (κ3) is 65.8. The number of aliphatic carboxylic acids is 1. The minimum atomic E-state index is -1.62. The predicted molar refractivity (Wildman–Crippen MR) is 348 cm³/mol. The van der Waals surface area contributed by atoms with Crippen molar-refractivity contribution in [2.24, 2.45) is 0 Å². The molecule has 0 heterocycles. The monoisotopic (exact) mass is 1160 g/mol. The number of ether oxygens (including phenoxy) is 4.